The molecule has 0 amide bonds. The van der Waals surface area contributed by atoms with Crippen LogP contribution >= 0.6 is 15.9 Å². The molecule has 0 saturated heterocycles. The van der Waals surface area contributed by atoms with E-state index in [2.05, 4.69) is 25.6 Å². The fourth-order valence-corrected chi connectivity index (χ4v) is 2.93. The van der Waals surface area contributed by atoms with E-state index in [1.165, 1.54) is 19.4 Å². The summed E-state index contributed by atoms with van der Waals surface area (Å²) in [6, 6.07) is 8.02. The molecule has 0 aliphatic rings. The Hall–Kier alpha value is -1.60. The fourth-order valence-electron chi connectivity index (χ4n) is 1.56. The average molecular weight is 357 g/mol. The smallest absolute Gasteiger partial charge is 0.261 e. The molecule has 0 saturated carbocycles. The Labute approximate surface area is 126 Å². The minimum absolute atomic E-state index is 0.203. The molecule has 0 atom stereocenters. The van der Waals surface area contributed by atoms with E-state index in [0.29, 0.717) is 11.6 Å². The van der Waals surface area contributed by atoms with Crippen LogP contribution in [0, 0.1) is 6.92 Å². The van der Waals surface area contributed by atoms with Gasteiger partial charge >= 0.3 is 0 Å². The first-order valence-corrected chi connectivity index (χ1v) is 7.99. The lowest BCUT2D eigenvalue weighted by atomic mass is 10.2. The van der Waals surface area contributed by atoms with Gasteiger partial charge in [-0.05, 0) is 36.8 Å². The van der Waals surface area contributed by atoms with Crippen molar-refractivity contribution in [3.63, 3.8) is 0 Å². The molecule has 20 heavy (non-hydrogen) atoms. The molecule has 1 heterocycles. The third-order valence-corrected chi connectivity index (χ3v) is 4.91. The molecule has 0 bridgehead atoms. The quantitative estimate of drug-likeness (QED) is 0.914. The minimum atomic E-state index is -3.62. The Balaban J connectivity index is 2.27. The van der Waals surface area contributed by atoms with Gasteiger partial charge in [0.05, 0.1) is 23.9 Å². The zero-order chi connectivity index (χ0) is 14.8. The first-order valence-electron chi connectivity index (χ1n) is 5.71. The maximum atomic E-state index is 12.2. The number of methoxy groups -OCH3 is 1. The molecule has 0 aliphatic heterocycles. The highest BCUT2D eigenvalue weighted by atomic mass is 79.9. The van der Waals surface area contributed by atoms with Crippen molar-refractivity contribution in [1.82, 2.24) is 4.98 Å². The first kappa shape index (κ1) is 14.8. The van der Waals surface area contributed by atoms with Gasteiger partial charge in [0.25, 0.3) is 10.0 Å². The summed E-state index contributed by atoms with van der Waals surface area (Å²) in [5.74, 6) is 0.424. The Morgan fingerprint density at radius 2 is 2.00 bits per heavy atom. The van der Waals surface area contributed by atoms with E-state index in [0.717, 1.165) is 10.0 Å². The summed E-state index contributed by atoms with van der Waals surface area (Å²) in [7, 11) is -2.13. The summed E-state index contributed by atoms with van der Waals surface area (Å²) in [5, 5.41) is 0. The van der Waals surface area contributed by atoms with Gasteiger partial charge in [-0.2, -0.15) is 0 Å². The Morgan fingerprint density at radius 3 is 2.55 bits per heavy atom. The Morgan fingerprint density at radius 1 is 1.25 bits per heavy atom. The van der Waals surface area contributed by atoms with Crippen molar-refractivity contribution in [3.8, 4) is 5.88 Å². The molecule has 0 spiro atoms. The molecule has 1 N–H and O–H groups in total. The fraction of sp³-hybridized carbons (Fsp3) is 0.154. The van der Waals surface area contributed by atoms with E-state index < -0.39 is 10.0 Å². The molecule has 1 aromatic heterocycles. The highest BCUT2D eigenvalue weighted by Crippen LogP contribution is 2.22. The summed E-state index contributed by atoms with van der Waals surface area (Å²) in [4.78, 5) is 4.15. The first-order chi connectivity index (χ1) is 9.42. The van der Waals surface area contributed by atoms with Crippen LogP contribution in [0.1, 0.15) is 5.56 Å². The van der Waals surface area contributed by atoms with Gasteiger partial charge in [-0.15, -0.1) is 0 Å². The molecule has 5 nitrogen and oxygen atoms in total. The maximum Gasteiger partial charge on any atom is 0.261 e. The van der Waals surface area contributed by atoms with Crippen molar-refractivity contribution >= 4 is 31.6 Å². The molecule has 106 valence electrons. The van der Waals surface area contributed by atoms with Crippen LogP contribution in [0.15, 0.2) is 45.9 Å². The van der Waals surface area contributed by atoms with Gasteiger partial charge in [-0.1, -0.05) is 15.9 Å². The number of hydrogen-bond donors (Lipinski definition) is 1. The van der Waals surface area contributed by atoms with E-state index in [9.17, 15) is 8.42 Å². The molecule has 7 heteroatoms. The van der Waals surface area contributed by atoms with Crippen LogP contribution in [0.2, 0.25) is 0 Å². The van der Waals surface area contributed by atoms with Gasteiger partial charge in [-0.3, -0.25) is 4.72 Å². The number of halogens is 1. The van der Waals surface area contributed by atoms with E-state index in [4.69, 9.17) is 4.74 Å². The normalized spacial score (nSPS) is 11.2. The largest absolute Gasteiger partial charge is 0.481 e. The lowest BCUT2D eigenvalue weighted by Crippen LogP contribution is -2.13. The number of benzene rings is 1. The van der Waals surface area contributed by atoms with Gasteiger partial charge in [0.15, 0.2) is 0 Å². The molecular formula is C13H13BrN2O3S. The molecule has 0 unspecified atom stereocenters. The summed E-state index contributed by atoms with van der Waals surface area (Å²) in [6.07, 6.45) is 1.40. The second-order valence-corrected chi connectivity index (χ2v) is 6.64. The molecule has 2 rings (SSSR count). The minimum Gasteiger partial charge on any atom is -0.481 e. The zero-order valence-corrected chi connectivity index (χ0v) is 13.3. The number of sulfonamides is 1. The van der Waals surface area contributed by atoms with E-state index in [-0.39, 0.29) is 4.90 Å². The summed E-state index contributed by atoms with van der Waals surface area (Å²) >= 11 is 3.34. The molecule has 0 fully saturated rings. The lowest BCUT2D eigenvalue weighted by Gasteiger charge is -2.09. The van der Waals surface area contributed by atoms with Crippen molar-refractivity contribution in [1.29, 1.82) is 0 Å². The van der Waals surface area contributed by atoms with Crippen LogP contribution in [0.4, 0.5) is 5.69 Å². The molecule has 2 aromatic rings. The third-order valence-electron chi connectivity index (χ3n) is 2.64. The topological polar surface area (TPSA) is 68.3 Å². The third kappa shape index (κ3) is 3.29. The maximum absolute atomic E-state index is 12.2. The standard InChI is InChI=1S/C13H13BrN2O3S/c1-9-7-11(4-5-12(9)14)20(17,18)16-10-3-6-13(19-2)15-8-10/h3-8,16H,1-2H3. The van der Waals surface area contributed by atoms with Crippen LogP contribution in [0.3, 0.4) is 0 Å². The summed E-state index contributed by atoms with van der Waals surface area (Å²) in [5.41, 5.74) is 1.23. The highest BCUT2D eigenvalue weighted by Gasteiger charge is 2.15. The number of aromatic nitrogens is 1. The predicted molar refractivity (Wildman–Crippen MR) is 80.5 cm³/mol. The number of hydrogen-bond acceptors (Lipinski definition) is 4. The highest BCUT2D eigenvalue weighted by molar-refractivity contribution is 9.10. The lowest BCUT2D eigenvalue weighted by molar-refractivity contribution is 0.398. The van der Waals surface area contributed by atoms with Crippen LogP contribution in [-0.4, -0.2) is 20.5 Å². The second-order valence-electron chi connectivity index (χ2n) is 4.11. The van der Waals surface area contributed by atoms with Gasteiger partial charge in [0.1, 0.15) is 0 Å². The van der Waals surface area contributed by atoms with Gasteiger partial charge in [-0.25, -0.2) is 13.4 Å². The molecular weight excluding hydrogens is 344 g/mol. The Bertz CT molecular complexity index is 715. The van der Waals surface area contributed by atoms with E-state index >= 15 is 0 Å². The summed E-state index contributed by atoms with van der Waals surface area (Å²) in [6.45, 7) is 1.83. The van der Waals surface area contributed by atoms with Crippen molar-refractivity contribution < 1.29 is 13.2 Å². The molecule has 0 radical (unpaired) electrons. The number of nitrogens with one attached hydrogen (secondary N) is 1. The van der Waals surface area contributed by atoms with Crippen molar-refractivity contribution in [3.05, 3.63) is 46.6 Å². The number of pyridine rings is 1. The van der Waals surface area contributed by atoms with E-state index in [1.54, 1.807) is 24.3 Å². The monoisotopic (exact) mass is 356 g/mol. The van der Waals surface area contributed by atoms with Gasteiger partial charge in [0.2, 0.25) is 5.88 Å². The van der Waals surface area contributed by atoms with Crippen LogP contribution in [-0.2, 0) is 10.0 Å². The second kappa shape index (κ2) is 5.80. The average Bonchev–Trinajstić information content (AvgIpc) is 2.42. The number of anilines is 1. The summed E-state index contributed by atoms with van der Waals surface area (Å²) < 4.78 is 32.7. The number of nitrogens with zero attached hydrogens (tertiary/aromatic N) is 1. The Kier molecular flexibility index (Phi) is 4.29. The van der Waals surface area contributed by atoms with Gasteiger partial charge in [0, 0.05) is 10.5 Å². The SMILES string of the molecule is COc1ccc(NS(=O)(=O)c2ccc(Br)c(C)c2)cn1. The predicted octanol–water partition coefficient (Wildman–Crippen LogP) is 2.96. The van der Waals surface area contributed by atoms with Gasteiger partial charge < -0.3 is 4.74 Å². The van der Waals surface area contributed by atoms with Crippen LogP contribution in [0.5, 0.6) is 5.88 Å². The van der Waals surface area contributed by atoms with Crippen molar-refractivity contribution in [2.24, 2.45) is 0 Å². The number of ether oxygens (including phenoxy) is 1. The van der Waals surface area contributed by atoms with Crippen LogP contribution in [0.25, 0.3) is 0 Å². The van der Waals surface area contributed by atoms with Crippen LogP contribution < -0.4 is 9.46 Å². The number of aryl methyl sites for hydroxylation is 1. The molecule has 1 aromatic carbocycles. The van der Waals surface area contributed by atoms with Crippen molar-refractivity contribution in [2.75, 3.05) is 11.8 Å². The molecule has 0 aliphatic carbocycles. The van der Waals surface area contributed by atoms with E-state index in [1.807, 2.05) is 6.92 Å². The number of rotatable bonds is 4. The zero-order valence-electron chi connectivity index (χ0n) is 10.9. The van der Waals surface area contributed by atoms with Crippen molar-refractivity contribution in [2.45, 2.75) is 11.8 Å².